The number of hydrogen-bond acceptors (Lipinski definition) is 0. The highest BCUT2D eigenvalue weighted by Gasteiger charge is 2.07. The van der Waals surface area contributed by atoms with Crippen LogP contribution in [0.15, 0.2) is 48.5 Å². The van der Waals surface area contributed by atoms with Crippen LogP contribution >= 0.6 is 0 Å². The molecule has 1 fully saturated rings. The Labute approximate surface area is 140 Å². The van der Waals surface area contributed by atoms with Crippen LogP contribution in [0.4, 0.5) is 0 Å². The van der Waals surface area contributed by atoms with Gasteiger partial charge in [-0.25, -0.2) is 0 Å². The Hall–Kier alpha value is -1.30. The van der Waals surface area contributed by atoms with E-state index >= 15 is 0 Å². The summed E-state index contributed by atoms with van der Waals surface area (Å²) in [6.07, 6.45) is 5.95. The first-order chi connectivity index (χ1) is 10.9. The van der Waals surface area contributed by atoms with Crippen LogP contribution in [-0.2, 0) is 0 Å². The average molecular weight is 303 g/mol. The second-order valence-electron chi connectivity index (χ2n) is 4.74. The van der Waals surface area contributed by atoms with Gasteiger partial charge in [-0.2, -0.15) is 0 Å². The van der Waals surface area contributed by atoms with Gasteiger partial charge in [0, 0.05) is 0 Å². The van der Waals surface area contributed by atoms with E-state index in [0.717, 1.165) is 5.92 Å². The highest BCUT2D eigenvalue weighted by molar-refractivity contribution is 5.81. The predicted octanol–water partition coefficient (Wildman–Crippen LogP) is 8.11. The molecule has 2 aromatic rings. The second kappa shape index (κ2) is 17.8. The fraction of sp³-hybridized carbons (Fsp3) is 0.545. The molecule has 2 aromatic carbocycles. The van der Waals surface area contributed by atoms with Gasteiger partial charge in [-0.15, -0.1) is 0 Å². The molecule has 0 spiro atoms. The zero-order chi connectivity index (χ0) is 17.2. The molecule has 0 heterocycles. The van der Waals surface area contributed by atoms with Crippen LogP contribution in [0.2, 0.25) is 0 Å². The van der Waals surface area contributed by atoms with Gasteiger partial charge in [-0.1, -0.05) is 123 Å². The van der Waals surface area contributed by atoms with Gasteiger partial charge < -0.3 is 0 Å². The summed E-state index contributed by atoms with van der Waals surface area (Å²) in [5.41, 5.74) is 0. The van der Waals surface area contributed by atoms with Gasteiger partial charge in [0.1, 0.15) is 0 Å². The molecule has 1 aliphatic rings. The van der Waals surface area contributed by atoms with Gasteiger partial charge in [-0.05, 0) is 16.7 Å². The van der Waals surface area contributed by atoms with Crippen LogP contribution < -0.4 is 0 Å². The van der Waals surface area contributed by atoms with E-state index in [2.05, 4.69) is 55.5 Å². The van der Waals surface area contributed by atoms with Crippen molar-refractivity contribution in [3.8, 4) is 0 Å². The third kappa shape index (κ3) is 10.4. The van der Waals surface area contributed by atoms with E-state index in [4.69, 9.17) is 0 Å². The van der Waals surface area contributed by atoms with Crippen LogP contribution in [0.25, 0.3) is 10.8 Å². The SMILES string of the molecule is CC.CC.CC.CC1CCCC1.c1ccc2ccccc2c1. The van der Waals surface area contributed by atoms with Crippen LogP contribution in [0, 0.1) is 5.92 Å². The van der Waals surface area contributed by atoms with E-state index in [-0.39, 0.29) is 0 Å². The van der Waals surface area contributed by atoms with Crippen molar-refractivity contribution >= 4 is 10.8 Å². The molecule has 0 nitrogen and oxygen atoms in total. The normalized spacial score (nSPS) is 12.3. The maximum Gasteiger partial charge on any atom is -0.0184 e. The summed E-state index contributed by atoms with van der Waals surface area (Å²) in [6, 6.07) is 16.7. The fourth-order valence-electron chi connectivity index (χ4n) is 2.26. The van der Waals surface area contributed by atoms with Crippen LogP contribution in [0.3, 0.4) is 0 Å². The van der Waals surface area contributed by atoms with E-state index in [0.29, 0.717) is 0 Å². The van der Waals surface area contributed by atoms with Gasteiger partial charge in [0.25, 0.3) is 0 Å². The lowest BCUT2D eigenvalue weighted by atomic mass is 10.1. The van der Waals surface area contributed by atoms with Crippen molar-refractivity contribution in [2.24, 2.45) is 5.92 Å². The Bertz CT molecular complexity index is 359. The number of benzene rings is 2. The van der Waals surface area contributed by atoms with E-state index in [1.165, 1.54) is 36.5 Å². The van der Waals surface area contributed by atoms with Gasteiger partial charge in [0.2, 0.25) is 0 Å². The molecule has 0 radical (unpaired) electrons. The topological polar surface area (TPSA) is 0 Å². The second-order valence-corrected chi connectivity index (χ2v) is 4.74. The maximum atomic E-state index is 2.34. The first-order valence-electron chi connectivity index (χ1n) is 9.30. The average Bonchev–Trinajstić information content (AvgIpc) is 3.12. The molecule has 22 heavy (non-hydrogen) atoms. The molecule has 0 unspecified atom stereocenters. The molecule has 0 amide bonds. The summed E-state index contributed by atoms with van der Waals surface area (Å²) >= 11 is 0. The minimum Gasteiger partial charge on any atom is -0.0683 e. The molecule has 126 valence electrons. The Morgan fingerprint density at radius 1 is 0.591 bits per heavy atom. The lowest BCUT2D eigenvalue weighted by Crippen LogP contribution is -1.78. The first kappa shape index (κ1) is 23.0. The molecule has 1 aliphatic carbocycles. The summed E-state index contributed by atoms with van der Waals surface area (Å²) in [5.74, 6) is 1.05. The zero-order valence-electron chi connectivity index (χ0n) is 16.0. The van der Waals surface area contributed by atoms with E-state index < -0.39 is 0 Å². The van der Waals surface area contributed by atoms with Crippen LogP contribution in [-0.4, -0.2) is 0 Å². The van der Waals surface area contributed by atoms with Crippen molar-refractivity contribution in [3.05, 3.63) is 48.5 Å². The minimum absolute atomic E-state index is 1.05. The molecule has 0 saturated heterocycles. The van der Waals surface area contributed by atoms with Crippen molar-refractivity contribution in [2.75, 3.05) is 0 Å². The fourth-order valence-corrected chi connectivity index (χ4v) is 2.26. The van der Waals surface area contributed by atoms with Crippen LogP contribution in [0.1, 0.15) is 74.1 Å². The van der Waals surface area contributed by atoms with E-state index in [1.807, 2.05) is 41.5 Å². The monoisotopic (exact) mass is 302 g/mol. The third-order valence-corrected chi connectivity index (χ3v) is 3.30. The molecule has 0 aliphatic heterocycles. The van der Waals surface area contributed by atoms with Crippen molar-refractivity contribution in [3.63, 3.8) is 0 Å². The lowest BCUT2D eigenvalue weighted by molar-refractivity contribution is 0.612. The van der Waals surface area contributed by atoms with Gasteiger partial charge >= 0.3 is 0 Å². The molecule has 0 atom stereocenters. The van der Waals surface area contributed by atoms with Gasteiger partial charge in [0.05, 0.1) is 0 Å². The van der Waals surface area contributed by atoms with Crippen molar-refractivity contribution in [1.82, 2.24) is 0 Å². The maximum absolute atomic E-state index is 2.34. The molecule has 1 saturated carbocycles. The van der Waals surface area contributed by atoms with Gasteiger partial charge in [-0.3, -0.25) is 0 Å². The summed E-state index contributed by atoms with van der Waals surface area (Å²) in [5, 5.41) is 2.62. The number of hydrogen-bond donors (Lipinski definition) is 0. The molecule has 0 N–H and O–H groups in total. The summed E-state index contributed by atoms with van der Waals surface area (Å²) < 4.78 is 0. The third-order valence-electron chi connectivity index (χ3n) is 3.30. The number of fused-ring (bicyclic) bond motifs is 1. The first-order valence-corrected chi connectivity index (χ1v) is 9.30. The standard InChI is InChI=1S/C10H8.C6H12.3C2H6/c1-2-6-10-8-4-3-7-9(10)5-1;1-6-4-2-3-5-6;3*1-2/h1-8H;6H,2-5H2,1H3;3*1-2H3. The minimum atomic E-state index is 1.05. The molecule has 0 bridgehead atoms. The predicted molar refractivity (Wildman–Crippen MR) is 106 cm³/mol. The summed E-state index contributed by atoms with van der Waals surface area (Å²) in [6.45, 7) is 14.3. The van der Waals surface area contributed by atoms with Crippen molar-refractivity contribution in [2.45, 2.75) is 74.1 Å². The van der Waals surface area contributed by atoms with Crippen molar-refractivity contribution in [1.29, 1.82) is 0 Å². The Balaban J connectivity index is 0. The summed E-state index contributed by atoms with van der Waals surface area (Å²) in [7, 11) is 0. The van der Waals surface area contributed by atoms with Crippen LogP contribution in [0.5, 0.6) is 0 Å². The highest BCUT2D eigenvalue weighted by atomic mass is 14.1. The quantitative estimate of drug-likeness (QED) is 0.461. The lowest BCUT2D eigenvalue weighted by Gasteiger charge is -1.92. The zero-order valence-corrected chi connectivity index (χ0v) is 16.0. The molecule has 0 aromatic heterocycles. The Morgan fingerprint density at radius 2 is 0.864 bits per heavy atom. The molecular weight excluding hydrogens is 264 g/mol. The largest absolute Gasteiger partial charge is 0.0683 e. The summed E-state index contributed by atoms with van der Waals surface area (Å²) in [4.78, 5) is 0. The number of rotatable bonds is 0. The molecule has 0 heteroatoms. The highest BCUT2D eigenvalue weighted by Crippen LogP contribution is 2.22. The van der Waals surface area contributed by atoms with E-state index in [9.17, 15) is 0 Å². The Kier molecular flexibility index (Phi) is 18.5. The smallest absolute Gasteiger partial charge is 0.0184 e. The van der Waals surface area contributed by atoms with E-state index in [1.54, 1.807) is 0 Å². The Morgan fingerprint density at radius 3 is 1.05 bits per heavy atom. The van der Waals surface area contributed by atoms with Crippen molar-refractivity contribution < 1.29 is 0 Å². The van der Waals surface area contributed by atoms with Gasteiger partial charge in [0.15, 0.2) is 0 Å². The molecule has 3 rings (SSSR count). The molecular formula is C22H38.